The summed E-state index contributed by atoms with van der Waals surface area (Å²) in [4.78, 5) is 40.2. The largest absolute Gasteiger partial charge is 0.504 e. The monoisotopic (exact) mass is 611 g/mol. The lowest BCUT2D eigenvalue weighted by molar-refractivity contribution is -0.158. The predicted molar refractivity (Wildman–Crippen MR) is 166 cm³/mol. The number of phenols is 1. The number of carbonyl (C=O) groups is 3. The Morgan fingerprint density at radius 1 is 1.16 bits per heavy atom. The van der Waals surface area contributed by atoms with Gasteiger partial charge < -0.3 is 29.0 Å². The van der Waals surface area contributed by atoms with E-state index in [2.05, 4.69) is 32.1 Å². The highest BCUT2D eigenvalue weighted by molar-refractivity contribution is 5.74. The number of hydrogen-bond donors (Lipinski definition) is 1. The molecule has 1 heterocycles. The SMILES string of the molecule is CC[C@H](C)C(=O)O[C@H]1C[C@@H](C)C=C2C=C[C@H](C)[C@H](CC[C@@H]3C[C@H](CC(=O)OC)N(CCc4ccc(O)c(OC)c4)C(=O)O3)[C@H]21. The minimum atomic E-state index is -0.440. The van der Waals surface area contributed by atoms with E-state index in [0.29, 0.717) is 37.5 Å². The molecule has 0 spiro atoms. The highest BCUT2D eigenvalue weighted by Gasteiger charge is 2.43. The molecule has 1 amide bonds. The molecule has 242 valence electrons. The van der Waals surface area contributed by atoms with Crippen molar-refractivity contribution in [3.63, 3.8) is 0 Å². The van der Waals surface area contributed by atoms with Crippen LogP contribution in [0.3, 0.4) is 0 Å². The van der Waals surface area contributed by atoms with Gasteiger partial charge in [-0.2, -0.15) is 0 Å². The predicted octanol–water partition coefficient (Wildman–Crippen LogP) is 6.23. The second-order valence-electron chi connectivity index (χ2n) is 12.8. The van der Waals surface area contributed by atoms with Crippen molar-refractivity contribution in [3.05, 3.63) is 47.6 Å². The number of rotatable bonds is 12. The Bertz CT molecular complexity index is 1240. The van der Waals surface area contributed by atoms with Crippen LogP contribution >= 0.6 is 0 Å². The van der Waals surface area contributed by atoms with E-state index in [-0.39, 0.29) is 66.0 Å². The third kappa shape index (κ3) is 7.96. The van der Waals surface area contributed by atoms with Crippen LogP contribution in [0.5, 0.6) is 11.5 Å². The Hall–Kier alpha value is -3.49. The van der Waals surface area contributed by atoms with Crippen molar-refractivity contribution < 1.29 is 38.4 Å². The number of hydrogen-bond acceptors (Lipinski definition) is 8. The Morgan fingerprint density at radius 2 is 1.93 bits per heavy atom. The van der Waals surface area contributed by atoms with Gasteiger partial charge in [0, 0.05) is 24.9 Å². The number of nitrogens with zero attached hydrogens (tertiary/aromatic N) is 1. The van der Waals surface area contributed by atoms with Gasteiger partial charge in [0.25, 0.3) is 0 Å². The summed E-state index contributed by atoms with van der Waals surface area (Å²) in [6.07, 6.45) is 9.90. The third-order valence-electron chi connectivity index (χ3n) is 9.69. The average Bonchev–Trinajstić information content (AvgIpc) is 3.00. The summed E-state index contributed by atoms with van der Waals surface area (Å²) in [6, 6.07) is 4.74. The molecule has 9 heteroatoms. The Labute approximate surface area is 261 Å². The molecule has 1 N–H and O–H groups in total. The first-order valence-electron chi connectivity index (χ1n) is 16.0. The maximum atomic E-state index is 13.3. The van der Waals surface area contributed by atoms with Gasteiger partial charge >= 0.3 is 18.0 Å². The van der Waals surface area contributed by atoms with Gasteiger partial charge in [0.05, 0.1) is 26.6 Å². The number of benzene rings is 1. The zero-order chi connectivity index (χ0) is 32.0. The maximum absolute atomic E-state index is 13.3. The van der Waals surface area contributed by atoms with Crippen molar-refractivity contribution in [1.82, 2.24) is 4.90 Å². The number of amides is 1. The molecule has 0 saturated carbocycles. The van der Waals surface area contributed by atoms with Gasteiger partial charge in [0.1, 0.15) is 12.2 Å². The summed E-state index contributed by atoms with van der Waals surface area (Å²) in [7, 11) is 2.84. The number of allylic oxidation sites excluding steroid dienone is 3. The van der Waals surface area contributed by atoms with E-state index in [9.17, 15) is 19.5 Å². The zero-order valence-electron chi connectivity index (χ0n) is 27.0. The molecular formula is C35H49NO8. The first-order valence-corrected chi connectivity index (χ1v) is 16.0. The van der Waals surface area contributed by atoms with Crippen molar-refractivity contribution in [2.45, 2.75) is 90.9 Å². The zero-order valence-corrected chi connectivity index (χ0v) is 27.0. The second-order valence-corrected chi connectivity index (χ2v) is 12.8. The molecule has 2 aliphatic carbocycles. The van der Waals surface area contributed by atoms with Crippen LogP contribution in [0, 0.1) is 29.6 Å². The Balaban J connectivity index is 1.45. The number of fused-ring (bicyclic) bond motifs is 1. The maximum Gasteiger partial charge on any atom is 0.410 e. The Kier molecular flexibility index (Phi) is 11.4. The first-order chi connectivity index (χ1) is 21.0. The molecule has 0 bridgehead atoms. The topological polar surface area (TPSA) is 112 Å². The van der Waals surface area contributed by atoms with E-state index in [0.717, 1.165) is 24.8 Å². The summed E-state index contributed by atoms with van der Waals surface area (Å²) >= 11 is 0. The molecule has 1 aromatic rings. The van der Waals surface area contributed by atoms with Gasteiger partial charge in [-0.1, -0.05) is 52.0 Å². The molecule has 4 rings (SSSR count). The van der Waals surface area contributed by atoms with Crippen LogP contribution in [-0.4, -0.2) is 67.1 Å². The highest BCUT2D eigenvalue weighted by Crippen LogP contribution is 2.45. The lowest BCUT2D eigenvalue weighted by atomic mass is 9.65. The van der Waals surface area contributed by atoms with Gasteiger partial charge in [0.15, 0.2) is 11.5 Å². The minimum Gasteiger partial charge on any atom is -0.504 e. The molecular weight excluding hydrogens is 562 g/mol. The number of aromatic hydroxyl groups is 1. The van der Waals surface area contributed by atoms with Crippen molar-refractivity contribution >= 4 is 18.0 Å². The van der Waals surface area contributed by atoms with Crippen LogP contribution in [-0.2, 0) is 30.2 Å². The second kappa shape index (κ2) is 15.0. The highest BCUT2D eigenvalue weighted by atomic mass is 16.6. The molecule has 1 fully saturated rings. The molecule has 8 atom stereocenters. The lowest BCUT2D eigenvalue weighted by Crippen LogP contribution is -2.50. The van der Waals surface area contributed by atoms with Crippen LogP contribution in [0.1, 0.15) is 71.8 Å². The number of ether oxygens (including phenoxy) is 4. The fourth-order valence-corrected chi connectivity index (χ4v) is 6.92. The van der Waals surface area contributed by atoms with Gasteiger partial charge in [0.2, 0.25) is 0 Å². The molecule has 1 saturated heterocycles. The van der Waals surface area contributed by atoms with Crippen LogP contribution in [0.4, 0.5) is 4.79 Å². The van der Waals surface area contributed by atoms with Gasteiger partial charge in [-0.15, -0.1) is 0 Å². The van der Waals surface area contributed by atoms with Gasteiger partial charge in [-0.05, 0) is 73.1 Å². The van der Waals surface area contributed by atoms with Gasteiger partial charge in [-0.3, -0.25) is 9.59 Å². The number of phenolic OH excluding ortho intramolecular Hbond substituents is 1. The molecule has 0 unspecified atom stereocenters. The number of cyclic esters (lactones) is 1. The average molecular weight is 612 g/mol. The molecule has 0 radical (unpaired) electrons. The normalized spacial score (nSPS) is 28.8. The van der Waals surface area contributed by atoms with Crippen LogP contribution in [0.15, 0.2) is 42.0 Å². The molecule has 3 aliphatic rings. The van der Waals surface area contributed by atoms with E-state index in [1.54, 1.807) is 23.1 Å². The number of carbonyl (C=O) groups excluding carboxylic acids is 3. The summed E-state index contributed by atoms with van der Waals surface area (Å²) in [5, 5.41) is 9.92. The van der Waals surface area contributed by atoms with Crippen molar-refractivity contribution in [3.8, 4) is 11.5 Å². The number of methoxy groups -OCH3 is 2. The van der Waals surface area contributed by atoms with E-state index < -0.39 is 6.09 Å². The molecule has 0 aromatic heterocycles. The number of esters is 2. The van der Waals surface area contributed by atoms with E-state index in [1.165, 1.54) is 19.8 Å². The lowest BCUT2D eigenvalue weighted by Gasteiger charge is -2.44. The van der Waals surface area contributed by atoms with Crippen molar-refractivity contribution in [2.24, 2.45) is 29.6 Å². The van der Waals surface area contributed by atoms with Crippen LogP contribution < -0.4 is 4.74 Å². The fraction of sp³-hybridized carbons (Fsp3) is 0.629. The quantitative estimate of drug-likeness (QED) is 0.219. The third-order valence-corrected chi connectivity index (χ3v) is 9.69. The van der Waals surface area contributed by atoms with Crippen LogP contribution in [0.25, 0.3) is 0 Å². The Morgan fingerprint density at radius 3 is 2.64 bits per heavy atom. The molecule has 1 aromatic carbocycles. The van der Waals surface area contributed by atoms with E-state index >= 15 is 0 Å². The first kappa shape index (κ1) is 33.4. The molecule has 1 aliphatic heterocycles. The van der Waals surface area contributed by atoms with Crippen molar-refractivity contribution in [1.29, 1.82) is 0 Å². The summed E-state index contributed by atoms with van der Waals surface area (Å²) in [5.74, 6) is 0.699. The standard InChI is InChI=1S/C35H49NO8/c1-7-22(3)34(39)44-31-17-21(2)16-25-10-8-23(4)28(33(25)31)12-11-27-19-26(20-32(38)42-6)36(35(40)43-27)15-14-24-9-13-29(37)30(18-24)41-5/h8-10,13,16,18,21-23,26-28,31,33,37H,7,11-12,14-15,17,19-20H2,1-6H3/t21-,22-,23-,26+,27+,28-,31-,33-/m0/s1. The van der Waals surface area contributed by atoms with E-state index in [1.807, 2.05) is 13.8 Å². The van der Waals surface area contributed by atoms with Crippen molar-refractivity contribution in [2.75, 3.05) is 20.8 Å². The summed E-state index contributed by atoms with van der Waals surface area (Å²) in [5.41, 5.74) is 2.12. The van der Waals surface area contributed by atoms with Crippen LogP contribution in [0.2, 0.25) is 0 Å². The molecule has 9 nitrogen and oxygen atoms in total. The van der Waals surface area contributed by atoms with E-state index in [4.69, 9.17) is 18.9 Å². The smallest absolute Gasteiger partial charge is 0.410 e. The molecule has 44 heavy (non-hydrogen) atoms. The summed E-state index contributed by atoms with van der Waals surface area (Å²) in [6.45, 7) is 8.64. The minimum absolute atomic E-state index is 0.0492. The fourth-order valence-electron chi connectivity index (χ4n) is 6.92. The summed E-state index contributed by atoms with van der Waals surface area (Å²) < 4.78 is 22.3. The van der Waals surface area contributed by atoms with Gasteiger partial charge in [-0.25, -0.2) is 4.79 Å².